The summed E-state index contributed by atoms with van der Waals surface area (Å²) in [6, 6.07) is 0.387. The molecule has 2 atom stereocenters. The standard InChI is InChI=1S/C13H21N3O2/c1-9-4-3-5-10(7-6-9)16-12-11(18-2)13(17)15-8-14-12/h8-10H,3-7H2,1-2H3,(H2,14,15,16,17). The van der Waals surface area contributed by atoms with Gasteiger partial charge in [0.2, 0.25) is 5.75 Å². The monoisotopic (exact) mass is 251 g/mol. The Morgan fingerprint density at radius 3 is 3.00 bits per heavy atom. The van der Waals surface area contributed by atoms with Crippen LogP contribution in [0.2, 0.25) is 0 Å². The number of hydrogen-bond donors (Lipinski definition) is 2. The molecular formula is C13H21N3O2. The van der Waals surface area contributed by atoms with Gasteiger partial charge in [0.1, 0.15) is 0 Å². The molecule has 5 heteroatoms. The molecule has 2 rings (SSSR count). The maximum atomic E-state index is 11.6. The van der Waals surface area contributed by atoms with Gasteiger partial charge in [0.05, 0.1) is 13.4 Å². The number of ether oxygens (including phenoxy) is 1. The molecule has 1 heterocycles. The van der Waals surface area contributed by atoms with E-state index in [-0.39, 0.29) is 11.3 Å². The van der Waals surface area contributed by atoms with Gasteiger partial charge < -0.3 is 15.0 Å². The molecule has 0 aromatic carbocycles. The summed E-state index contributed by atoms with van der Waals surface area (Å²) in [7, 11) is 1.49. The molecule has 100 valence electrons. The van der Waals surface area contributed by atoms with Gasteiger partial charge in [-0.15, -0.1) is 0 Å². The lowest BCUT2D eigenvalue weighted by Gasteiger charge is -2.18. The third-order valence-corrected chi connectivity index (χ3v) is 3.61. The van der Waals surface area contributed by atoms with Gasteiger partial charge in [-0.3, -0.25) is 4.79 Å². The van der Waals surface area contributed by atoms with E-state index in [0.717, 1.165) is 18.8 Å². The van der Waals surface area contributed by atoms with E-state index in [1.54, 1.807) is 0 Å². The van der Waals surface area contributed by atoms with E-state index in [0.29, 0.717) is 11.9 Å². The van der Waals surface area contributed by atoms with Crippen molar-refractivity contribution in [1.82, 2.24) is 9.97 Å². The van der Waals surface area contributed by atoms with E-state index in [4.69, 9.17) is 4.74 Å². The molecule has 0 saturated heterocycles. The summed E-state index contributed by atoms with van der Waals surface area (Å²) in [6.07, 6.45) is 7.40. The molecule has 1 aliphatic carbocycles. The van der Waals surface area contributed by atoms with E-state index in [1.165, 1.54) is 32.7 Å². The lowest BCUT2D eigenvalue weighted by atomic mass is 10.0. The van der Waals surface area contributed by atoms with Crippen LogP contribution >= 0.6 is 0 Å². The number of H-pyrrole nitrogens is 1. The lowest BCUT2D eigenvalue weighted by Crippen LogP contribution is -2.22. The Hall–Kier alpha value is -1.52. The van der Waals surface area contributed by atoms with Crippen molar-refractivity contribution in [2.75, 3.05) is 12.4 Å². The van der Waals surface area contributed by atoms with Gasteiger partial charge in [0.25, 0.3) is 5.56 Å². The number of hydrogen-bond acceptors (Lipinski definition) is 4. The zero-order valence-corrected chi connectivity index (χ0v) is 11.0. The maximum Gasteiger partial charge on any atom is 0.295 e. The quantitative estimate of drug-likeness (QED) is 0.808. The number of rotatable bonds is 3. The minimum Gasteiger partial charge on any atom is -0.489 e. The first-order valence-electron chi connectivity index (χ1n) is 6.59. The first kappa shape index (κ1) is 12.9. The van der Waals surface area contributed by atoms with Crippen molar-refractivity contribution in [3.63, 3.8) is 0 Å². The van der Waals surface area contributed by atoms with Crippen LogP contribution in [0.25, 0.3) is 0 Å². The summed E-state index contributed by atoms with van der Waals surface area (Å²) in [5.41, 5.74) is -0.239. The van der Waals surface area contributed by atoms with Gasteiger partial charge in [-0.25, -0.2) is 4.98 Å². The molecule has 0 amide bonds. The smallest absolute Gasteiger partial charge is 0.295 e. The highest BCUT2D eigenvalue weighted by atomic mass is 16.5. The van der Waals surface area contributed by atoms with Crippen LogP contribution < -0.4 is 15.6 Å². The Morgan fingerprint density at radius 2 is 2.22 bits per heavy atom. The number of aromatic nitrogens is 2. The van der Waals surface area contributed by atoms with Crippen molar-refractivity contribution < 1.29 is 4.74 Å². The van der Waals surface area contributed by atoms with Gasteiger partial charge in [0.15, 0.2) is 5.82 Å². The second kappa shape index (κ2) is 5.89. The van der Waals surface area contributed by atoms with Gasteiger partial charge >= 0.3 is 0 Å². The minimum atomic E-state index is -0.239. The fourth-order valence-corrected chi connectivity index (χ4v) is 2.50. The summed E-state index contributed by atoms with van der Waals surface area (Å²) in [4.78, 5) is 18.3. The summed E-state index contributed by atoms with van der Waals surface area (Å²) in [6.45, 7) is 2.30. The SMILES string of the molecule is COc1c(NC2CCCC(C)CC2)nc[nH]c1=O. The number of nitrogens with zero attached hydrogens (tertiary/aromatic N) is 1. The first-order valence-corrected chi connectivity index (χ1v) is 6.59. The second-order valence-corrected chi connectivity index (χ2v) is 5.07. The fourth-order valence-electron chi connectivity index (χ4n) is 2.50. The number of aromatic amines is 1. The second-order valence-electron chi connectivity index (χ2n) is 5.07. The fraction of sp³-hybridized carbons (Fsp3) is 0.692. The zero-order chi connectivity index (χ0) is 13.0. The van der Waals surface area contributed by atoms with Gasteiger partial charge in [-0.2, -0.15) is 0 Å². The number of anilines is 1. The van der Waals surface area contributed by atoms with Crippen LogP contribution in [0, 0.1) is 5.92 Å². The van der Waals surface area contributed by atoms with Crippen LogP contribution in [0.4, 0.5) is 5.82 Å². The molecule has 5 nitrogen and oxygen atoms in total. The molecule has 1 aromatic heterocycles. The molecule has 0 spiro atoms. The Bertz CT molecular complexity index is 444. The van der Waals surface area contributed by atoms with Crippen LogP contribution in [0.15, 0.2) is 11.1 Å². The number of methoxy groups -OCH3 is 1. The Morgan fingerprint density at radius 1 is 1.39 bits per heavy atom. The molecule has 0 bridgehead atoms. The van der Waals surface area contributed by atoms with E-state index in [1.807, 2.05) is 0 Å². The predicted molar refractivity (Wildman–Crippen MR) is 71.1 cm³/mol. The Kier molecular flexibility index (Phi) is 4.23. The first-order chi connectivity index (χ1) is 8.70. The van der Waals surface area contributed by atoms with Crippen molar-refractivity contribution in [2.45, 2.75) is 45.1 Å². The lowest BCUT2D eigenvalue weighted by molar-refractivity contribution is 0.407. The molecule has 0 radical (unpaired) electrons. The largest absolute Gasteiger partial charge is 0.489 e. The topological polar surface area (TPSA) is 67.0 Å². The van der Waals surface area contributed by atoms with Crippen LogP contribution in [0.1, 0.15) is 39.0 Å². The highest BCUT2D eigenvalue weighted by Crippen LogP contribution is 2.26. The predicted octanol–water partition coefficient (Wildman–Crippen LogP) is 2.16. The maximum absolute atomic E-state index is 11.6. The summed E-state index contributed by atoms with van der Waals surface area (Å²) in [5, 5.41) is 3.35. The van der Waals surface area contributed by atoms with Crippen molar-refractivity contribution in [1.29, 1.82) is 0 Å². The number of nitrogens with one attached hydrogen (secondary N) is 2. The molecular weight excluding hydrogens is 230 g/mol. The summed E-state index contributed by atoms with van der Waals surface area (Å²) >= 11 is 0. The van der Waals surface area contributed by atoms with Gasteiger partial charge in [-0.1, -0.05) is 19.8 Å². The average Bonchev–Trinajstić information content (AvgIpc) is 2.55. The molecule has 1 aliphatic rings. The Labute approximate surface area is 107 Å². The van der Waals surface area contributed by atoms with Gasteiger partial charge in [0, 0.05) is 6.04 Å². The normalized spacial score (nSPS) is 24.3. The van der Waals surface area contributed by atoms with E-state index >= 15 is 0 Å². The highest BCUT2D eigenvalue weighted by molar-refractivity contribution is 5.48. The van der Waals surface area contributed by atoms with E-state index in [9.17, 15) is 4.79 Å². The van der Waals surface area contributed by atoms with E-state index < -0.39 is 0 Å². The van der Waals surface area contributed by atoms with Crippen LogP contribution in [-0.4, -0.2) is 23.1 Å². The molecule has 1 saturated carbocycles. The minimum absolute atomic E-state index is 0.239. The van der Waals surface area contributed by atoms with Crippen molar-refractivity contribution in [2.24, 2.45) is 5.92 Å². The molecule has 1 fully saturated rings. The van der Waals surface area contributed by atoms with Gasteiger partial charge in [-0.05, 0) is 25.2 Å². The van der Waals surface area contributed by atoms with Crippen molar-refractivity contribution in [3.8, 4) is 5.75 Å². The van der Waals surface area contributed by atoms with Crippen LogP contribution in [0.3, 0.4) is 0 Å². The van der Waals surface area contributed by atoms with Crippen LogP contribution in [-0.2, 0) is 0 Å². The third-order valence-electron chi connectivity index (χ3n) is 3.61. The molecule has 18 heavy (non-hydrogen) atoms. The average molecular weight is 251 g/mol. The molecule has 2 unspecified atom stereocenters. The van der Waals surface area contributed by atoms with Crippen LogP contribution in [0.5, 0.6) is 5.75 Å². The summed E-state index contributed by atoms with van der Waals surface area (Å²) < 4.78 is 5.10. The summed E-state index contributed by atoms with van der Waals surface area (Å²) in [5.74, 6) is 1.63. The van der Waals surface area contributed by atoms with E-state index in [2.05, 4.69) is 22.2 Å². The molecule has 1 aromatic rings. The van der Waals surface area contributed by atoms with Crippen molar-refractivity contribution in [3.05, 3.63) is 16.7 Å². The molecule has 0 aliphatic heterocycles. The Balaban J connectivity index is 2.09. The zero-order valence-electron chi connectivity index (χ0n) is 11.0. The highest BCUT2D eigenvalue weighted by Gasteiger charge is 2.18. The third kappa shape index (κ3) is 3.03. The molecule has 2 N–H and O–H groups in total. The van der Waals surface area contributed by atoms with Crippen molar-refractivity contribution >= 4 is 5.82 Å².